The highest BCUT2D eigenvalue weighted by Gasteiger charge is 2.46. The van der Waals surface area contributed by atoms with Crippen LogP contribution in [0.1, 0.15) is 51.8 Å². The lowest BCUT2D eigenvalue weighted by Gasteiger charge is -2.35. The Kier molecular flexibility index (Phi) is 6.01. The van der Waals surface area contributed by atoms with Crippen molar-refractivity contribution in [2.75, 3.05) is 39.4 Å². The van der Waals surface area contributed by atoms with E-state index in [4.69, 9.17) is 4.74 Å². The van der Waals surface area contributed by atoms with E-state index in [9.17, 15) is 4.79 Å². The smallest absolute Gasteiger partial charge is 0.223 e. The zero-order valence-electron chi connectivity index (χ0n) is 15.5. The molecule has 1 atom stereocenters. The van der Waals surface area contributed by atoms with Gasteiger partial charge < -0.3 is 9.64 Å². The Morgan fingerprint density at radius 1 is 1.16 bits per heavy atom. The number of morpholine rings is 1. The molecule has 0 N–H and O–H groups in total. The Balaban J connectivity index is 1.64. The summed E-state index contributed by atoms with van der Waals surface area (Å²) in [7, 11) is 0. The highest BCUT2D eigenvalue weighted by atomic mass is 16.5. The van der Waals surface area contributed by atoms with Crippen LogP contribution < -0.4 is 0 Å². The Bertz CT molecular complexity index is 571. The average molecular weight is 350 g/mol. The number of tetrazole rings is 1. The molecule has 0 bridgehead atoms. The van der Waals surface area contributed by atoms with Crippen LogP contribution >= 0.6 is 0 Å². The summed E-state index contributed by atoms with van der Waals surface area (Å²) in [4.78, 5) is 16.9. The Hall–Kier alpha value is -1.54. The number of carbonyl (C=O) groups excluding carboxylic acids is 1. The Morgan fingerprint density at radius 2 is 1.96 bits per heavy atom. The minimum absolute atomic E-state index is 0.217. The molecule has 2 aliphatic heterocycles. The maximum absolute atomic E-state index is 12.5. The van der Waals surface area contributed by atoms with Gasteiger partial charge in [0.2, 0.25) is 5.91 Å². The maximum Gasteiger partial charge on any atom is 0.223 e. The Morgan fingerprint density at radius 3 is 2.72 bits per heavy atom. The molecule has 3 rings (SSSR count). The second-order valence-corrected chi connectivity index (χ2v) is 7.21. The number of aryl methyl sites for hydroxylation is 1. The van der Waals surface area contributed by atoms with E-state index in [0.717, 1.165) is 77.4 Å². The zero-order valence-corrected chi connectivity index (χ0v) is 15.5. The predicted octanol–water partition coefficient (Wildman–Crippen LogP) is 1.03. The van der Waals surface area contributed by atoms with Gasteiger partial charge in [0.1, 0.15) is 5.54 Å². The molecule has 2 fully saturated rings. The van der Waals surface area contributed by atoms with Crippen molar-refractivity contribution in [2.24, 2.45) is 0 Å². The van der Waals surface area contributed by atoms with Gasteiger partial charge in [-0.1, -0.05) is 13.3 Å². The van der Waals surface area contributed by atoms with E-state index in [1.165, 1.54) is 0 Å². The number of unbranched alkanes of at least 4 members (excludes halogenated alkanes) is 1. The number of ether oxygens (including phenoxy) is 1. The number of amides is 1. The molecule has 3 heterocycles. The fraction of sp³-hybridized carbons (Fsp3) is 0.882. The molecule has 0 aliphatic carbocycles. The normalized spacial score (nSPS) is 25.0. The molecule has 1 amide bonds. The van der Waals surface area contributed by atoms with Crippen molar-refractivity contribution in [3.8, 4) is 0 Å². The lowest BCUT2D eigenvalue weighted by atomic mass is 9.97. The number of aromatic nitrogens is 4. The summed E-state index contributed by atoms with van der Waals surface area (Å²) in [5, 5.41) is 12.3. The minimum Gasteiger partial charge on any atom is -0.379 e. The SMILES string of the molecule is CCCCn1nnnc1C1(C)CCC(=O)N1CCCN1CCOCC1. The molecule has 0 radical (unpaired) electrons. The third-order valence-electron chi connectivity index (χ3n) is 5.42. The van der Waals surface area contributed by atoms with Crippen LogP contribution in [-0.2, 0) is 21.6 Å². The van der Waals surface area contributed by atoms with Crippen LogP contribution in [0.3, 0.4) is 0 Å². The summed E-state index contributed by atoms with van der Waals surface area (Å²) >= 11 is 0. The van der Waals surface area contributed by atoms with Gasteiger partial charge in [0.15, 0.2) is 5.82 Å². The molecular weight excluding hydrogens is 320 g/mol. The van der Waals surface area contributed by atoms with E-state index in [2.05, 4.69) is 34.3 Å². The van der Waals surface area contributed by atoms with Crippen molar-refractivity contribution in [3.63, 3.8) is 0 Å². The van der Waals surface area contributed by atoms with Crippen LogP contribution in [0, 0.1) is 0 Å². The second-order valence-electron chi connectivity index (χ2n) is 7.21. The fourth-order valence-corrected chi connectivity index (χ4v) is 3.83. The molecule has 1 unspecified atom stereocenters. The molecule has 1 aromatic heterocycles. The van der Waals surface area contributed by atoms with E-state index in [1.54, 1.807) is 0 Å². The maximum atomic E-state index is 12.5. The summed E-state index contributed by atoms with van der Waals surface area (Å²) in [5.41, 5.74) is -0.390. The largest absolute Gasteiger partial charge is 0.379 e. The van der Waals surface area contributed by atoms with Crippen molar-refractivity contribution in [1.29, 1.82) is 0 Å². The number of rotatable bonds is 8. The summed E-state index contributed by atoms with van der Waals surface area (Å²) in [5.74, 6) is 1.05. The summed E-state index contributed by atoms with van der Waals surface area (Å²) in [6.45, 7) is 10.4. The van der Waals surface area contributed by atoms with Crippen LogP contribution in [-0.4, -0.2) is 75.3 Å². The molecule has 8 heteroatoms. The van der Waals surface area contributed by atoms with Gasteiger partial charge in [0.25, 0.3) is 0 Å². The monoisotopic (exact) mass is 350 g/mol. The molecule has 140 valence electrons. The first kappa shape index (κ1) is 18.3. The summed E-state index contributed by atoms with van der Waals surface area (Å²) < 4.78 is 7.28. The first-order valence-electron chi connectivity index (χ1n) is 9.52. The molecular formula is C17H30N6O2. The molecule has 0 saturated carbocycles. The Labute approximate surface area is 149 Å². The molecule has 25 heavy (non-hydrogen) atoms. The van der Waals surface area contributed by atoms with Crippen LogP contribution in [0.4, 0.5) is 0 Å². The van der Waals surface area contributed by atoms with Gasteiger partial charge in [-0.2, -0.15) is 0 Å². The second kappa shape index (κ2) is 8.23. The van der Waals surface area contributed by atoms with Gasteiger partial charge in [0.05, 0.1) is 13.2 Å². The van der Waals surface area contributed by atoms with E-state index >= 15 is 0 Å². The van der Waals surface area contributed by atoms with Crippen molar-refractivity contribution < 1.29 is 9.53 Å². The number of nitrogens with zero attached hydrogens (tertiary/aromatic N) is 6. The summed E-state index contributed by atoms with van der Waals surface area (Å²) in [6.07, 6.45) is 4.47. The molecule has 8 nitrogen and oxygen atoms in total. The number of likely N-dealkylation sites (tertiary alicyclic amines) is 1. The van der Waals surface area contributed by atoms with Gasteiger partial charge >= 0.3 is 0 Å². The molecule has 2 saturated heterocycles. The topological polar surface area (TPSA) is 76.4 Å². The van der Waals surface area contributed by atoms with Crippen LogP contribution in [0.15, 0.2) is 0 Å². The van der Waals surface area contributed by atoms with Crippen LogP contribution in [0.5, 0.6) is 0 Å². The van der Waals surface area contributed by atoms with Gasteiger partial charge in [-0.3, -0.25) is 9.69 Å². The highest BCUT2D eigenvalue weighted by molar-refractivity contribution is 5.79. The predicted molar refractivity (Wildman–Crippen MR) is 92.9 cm³/mol. The van der Waals surface area contributed by atoms with E-state index < -0.39 is 0 Å². The minimum atomic E-state index is -0.390. The lowest BCUT2D eigenvalue weighted by molar-refractivity contribution is -0.131. The van der Waals surface area contributed by atoms with E-state index in [-0.39, 0.29) is 11.4 Å². The first-order chi connectivity index (χ1) is 12.1. The quantitative estimate of drug-likeness (QED) is 0.697. The van der Waals surface area contributed by atoms with Crippen LogP contribution in [0.25, 0.3) is 0 Å². The molecule has 0 spiro atoms. The van der Waals surface area contributed by atoms with Crippen molar-refractivity contribution in [2.45, 2.75) is 58.0 Å². The third kappa shape index (κ3) is 4.00. The van der Waals surface area contributed by atoms with Gasteiger partial charge in [0, 0.05) is 39.1 Å². The first-order valence-corrected chi connectivity index (χ1v) is 9.52. The summed E-state index contributed by atoms with van der Waals surface area (Å²) in [6, 6.07) is 0. The van der Waals surface area contributed by atoms with Crippen molar-refractivity contribution in [1.82, 2.24) is 30.0 Å². The third-order valence-corrected chi connectivity index (χ3v) is 5.42. The molecule has 1 aromatic rings. The lowest BCUT2D eigenvalue weighted by Crippen LogP contribution is -2.45. The van der Waals surface area contributed by atoms with Gasteiger partial charge in [-0.25, -0.2) is 4.68 Å². The highest BCUT2D eigenvalue weighted by Crippen LogP contribution is 2.38. The number of hydrogen-bond donors (Lipinski definition) is 0. The van der Waals surface area contributed by atoms with E-state index in [0.29, 0.717) is 6.42 Å². The molecule has 0 aromatic carbocycles. The van der Waals surface area contributed by atoms with Crippen LogP contribution in [0.2, 0.25) is 0 Å². The van der Waals surface area contributed by atoms with Crippen molar-refractivity contribution >= 4 is 5.91 Å². The number of hydrogen-bond acceptors (Lipinski definition) is 6. The number of carbonyl (C=O) groups is 1. The van der Waals surface area contributed by atoms with E-state index in [1.807, 2.05) is 9.58 Å². The van der Waals surface area contributed by atoms with Gasteiger partial charge in [-0.15, -0.1) is 5.10 Å². The van der Waals surface area contributed by atoms with Crippen molar-refractivity contribution in [3.05, 3.63) is 5.82 Å². The fourth-order valence-electron chi connectivity index (χ4n) is 3.83. The zero-order chi connectivity index (χ0) is 17.7. The standard InChI is InChI=1S/C17H30N6O2/c1-3-4-10-23-16(18-19-20-23)17(2)7-6-15(24)22(17)9-5-8-21-11-13-25-14-12-21/h3-14H2,1-2H3. The van der Waals surface area contributed by atoms with Gasteiger partial charge in [-0.05, 0) is 36.6 Å². The molecule has 2 aliphatic rings. The average Bonchev–Trinajstić information content (AvgIpc) is 3.21.